The molecule has 1 aliphatic carbocycles. The predicted octanol–water partition coefficient (Wildman–Crippen LogP) is 2.87. The molecule has 3 aliphatic heterocycles. The molecule has 0 amide bonds. The van der Waals surface area contributed by atoms with Gasteiger partial charge in [0.1, 0.15) is 12.7 Å². The third-order valence-electron chi connectivity index (χ3n) is 6.68. The molecule has 3 saturated heterocycles. The van der Waals surface area contributed by atoms with Crippen LogP contribution in [0.15, 0.2) is 24.3 Å². The SMILES string of the molecule is O=C(OC1CN2CCC1CC2)C1(c2cccc(C#CCO)c2)CCCCC1. The predicted molar refractivity (Wildman–Crippen MR) is 104 cm³/mol. The molecule has 1 aromatic rings. The van der Waals surface area contributed by atoms with Gasteiger partial charge in [-0.2, -0.15) is 0 Å². The van der Waals surface area contributed by atoms with E-state index in [-0.39, 0.29) is 18.7 Å². The highest BCUT2D eigenvalue weighted by Gasteiger charge is 2.45. The molecule has 1 aromatic carbocycles. The Morgan fingerprint density at radius 2 is 2.00 bits per heavy atom. The fourth-order valence-corrected chi connectivity index (χ4v) is 5.10. The quantitative estimate of drug-likeness (QED) is 0.659. The molecule has 144 valence electrons. The summed E-state index contributed by atoms with van der Waals surface area (Å²) in [5.74, 6) is 6.17. The van der Waals surface area contributed by atoms with E-state index < -0.39 is 5.41 Å². The lowest BCUT2D eigenvalue weighted by atomic mass is 9.69. The first kappa shape index (κ1) is 18.5. The van der Waals surface area contributed by atoms with Gasteiger partial charge in [-0.3, -0.25) is 9.69 Å². The summed E-state index contributed by atoms with van der Waals surface area (Å²) >= 11 is 0. The summed E-state index contributed by atoms with van der Waals surface area (Å²) in [6.07, 6.45) is 7.35. The van der Waals surface area contributed by atoms with Crippen LogP contribution in [0.25, 0.3) is 0 Å². The Kier molecular flexibility index (Phi) is 5.52. The number of rotatable bonds is 3. The van der Waals surface area contributed by atoms with Gasteiger partial charge in [0.05, 0.1) is 5.41 Å². The van der Waals surface area contributed by atoms with Gasteiger partial charge in [-0.15, -0.1) is 0 Å². The third-order valence-corrected chi connectivity index (χ3v) is 6.68. The second-order valence-electron chi connectivity index (χ2n) is 8.27. The van der Waals surface area contributed by atoms with Gasteiger partial charge in [0.25, 0.3) is 0 Å². The highest BCUT2D eigenvalue weighted by molar-refractivity contribution is 5.83. The van der Waals surface area contributed by atoms with Gasteiger partial charge >= 0.3 is 5.97 Å². The molecule has 2 bridgehead atoms. The number of nitrogens with zero attached hydrogens (tertiary/aromatic N) is 1. The van der Waals surface area contributed by atoms with Gasteiger partial charge in [0.2, 0.25) is 0 Å². The summed E-state index contributed by atoms with van der Waals surface area (Å²) in [6, 6.07) is 7.97. The average Bonchev–Trinajstić information content (AvgIpc) is 2.74. The Hall–Kier alpha value is -1.83. The Balaban J connectivity index is 1.59. The number of hydrogen-bond acceptors (Lipinski definition) is 4. The molecule has 1 atom stereocenters. The number of carbonyl (C=O) groups excluding carboxylic acids is 1. The summed E-state index contributed by atoms with van der Waals surface area (Å²) in [7, 11) is 0. The van der Waals surface area contributed by atoms with Crippen LogP contribution in [0, 0.1) is 17.8 Å². The van der Waals surface area contributed by atoms with Crippen molar-refractivity contribution >= 4 is 5.97 Å². The van der Waals surface area contributed by atoms with Crippen molar-refractivity contribution in [2.45, 2.75) is 56.5 Å². The van der Waals surface area contributed by atoms with Crippen molar-refractivity contribution in [2.24, 2.45) is 5.92 Å². The number of piperidine rings is 3. The minimum atomic E-state index is -0.540. The van der Waals surface area contributed by atoms with Gasteiger partial charge in [-0.25, -0.2) is 0 Å². The molecule has 4 heteroatoms. The zero-order chi connectivity index (χ0) is 18.7. The maximum Gasteiger partial charge on any atom is 0.316 e. The standard InChI is InChI=1S/C23H29NO3/c25-15-5-7-18-6-4-8-20(16-18)23(11-2-1-3-12-23)22(26)27-21-17-24-13-9-19(21)10-14-24/h4,6,8,16,19,21,25H,1-3,9-15,17H2. The summed E-state index contributed by atoms with van der Waals surface area (Å²) in [5.41, 5.74) is 1.33. The number of carbonyl (C=O) groups is 1. The summed E-state index contributed by atoms with van der Waals surface area (Å²) in [5, 5.41) is 8.97. The summed E-state index contributed by atoms with van der Waals surface area (Å²) in [6.45, 7) is 3.04. The molecule has 27 heavy (non-hydrogen) atoms. The van der Waals surface area contributed by atoms with Crippen molar-refractivity contribution < 1.29 is 14.6 Å². The molecule has 1 N–H and O–H groups in total. The van der Waals surface area contributed by atoms with E-state index in [1.165, 1.54) is 6.42 Å². The lowest BCUT2D eigenvalue weighted by Gasteiger charge is -2.45. The van der Waals surface area contributed by atoms with E-state index in [0.29, 0.717) is 5.92 Å². The van der Waals surface area contributed by atoms with E-state index in [4.69, 9.17) is 9.84 Å². The molecular formula is C23H29NO3. The van der Waals surface area contributed by atoms with E-state index in [1.807, 2.05) is 24.3 Å². The number of fused-ring (bicyclic) bond motifs is 3. The minimum absolute atomic E-state index is 0.0341. The molecule has 5 rings (SSSR count). The van der Waals surface area contributed by atoms with Crippen molar-refractivity contribution in [3.05, 3.63) is 35.4 Å². The average molecular weight is 367 g/mol. The zero-order valence-corrected chi connectivity index (χ0v) is 16.0. The number of esters is 1. The molecule has 4 fully saturated rings. The molecule has 1 unspecified atom stereocenters. The fourth-order valence-electron chi connectivity index (χ4n) is 5.10. The van der Waals surface area contributed by atoms with Crippen LogP contribution in [-0.4, -0.2) is 48.3 Å². The fraction of sp³-hybridized carbons (Fsp3) is 0.609. The van der Waals surface area contributed by atoms with Gasteiger partial charge in [0.15, 0.2) is 0 Å². The summed E-state index contributed by atoms with van der Waals surface area (Å²) in [4.78, 5) is 15.9. The highest BCUT2D eigenvalue weighted by Crippen LogP contribution is 2.42. The van der Waals surface area contributed by atoms with Crippen LogP contribution in [0.4, 0.5) is 0 Å². The Labute approximate surface area is 161 Å². The molecule has 0 spiro atoms. The number of aliphatic hydroxyl groups excluding tert-OH is 1. The largest absolute Gasteiger partial charge is 0.460 e. The van der Waals surface area contributed by atoms with Crippen LogP contribution in [0.2, 0.25) is 0 Å². The van der Waals surface area contributed by atoms with Crippen LogP contribution in [-0.2, 0) is 14.9 Å². The number of aliphatic hydroxyl groups is 1. The first-order chi connectivity index (χ1) is 13.2. The van der Waals surface area contributed by atoms with Gasteiger partial charge in [-0.1, -0.05) is 43.2 Å². The monoisotopic (exact) mass is 367 g/mol. The Morgan fingerprint density at radius 3 is 2.67 bits per heavy atom. The molecule has 3 heterocycles. The number of benzene rings is 1. The van der Waals surface area contributed by atoms with E-state index in [2.05, 4.69) is 16.7 Å². The summed E-state index contributed by atoms with van der Waals surface area (Å²) < 4.78 is 6.19. The Bertz CT molecular complexity index is 733. The highest BCUT2D eigenvalue weighted by atomic mass is 16.5. The number of ether oxygens (including phenoxy) is 1. The van der Waals surface area contributed by atoms with E-state index >= 15 is 0 Å². The molecule has 4 nitrogen and oxygen atoms in total. The molecule has 4 aliphatic rings. The lowest BCUT2D eigenvalue weighted by Crippen LogP contribution is -2.53. The van der Waals surface area contributed by atoms with E-state index in [1.54, 1.807) is 0 Å². The van der Waals surface area contributed by atoms with Crippen molar-refractivity contribution in [2.75, 3.05) is 26.2 Å². The maximum atomic E-state index is 13.5. The maximum absolute atomic E-state index is 13.5. The van der Waals surface area contributed by atoms with Crippen molar-refractivity contribution in [3.8, 4) is 11.8 Å². The van der Waals surface area contributed by atoms with Crippen molar-refractivity contribution in [1.82, 2.24) is 4.90 Å². The normalized spacial score (nSPS) is 28.9. The first-order valence-corrected chi connectivity index (χ1v) is 10.3. The minimum Gasteiger partial charge on any atom is -0.460 e. The zero-order valence-electron chi connectivity index (χ0n) is 16.0. The van der Waals surface area contributed by atoms with Crippen LogP contribution < -0.4 is 0 Å². The van der Waals surface area contributed by atoms with Crippen LogP contribution in [0.1, 0.15) is 56.1 Å². The van der Waals surface area contributed by atoms with Gasteiger partial charge < -0.3 is 9.84 Å². The topological polar surface area (TPSA) is 49.8 Å². The second kappa shape index (κ2) is 8.04. The third kappa shape index (κ3) is 3.77. The molecular weight excluding hydrogens is 338 g/mol. The van der Waals surface area contributed by atoms with Crippen LogP contribution in [0.5, 0.6) is 0 Å². The van der Waals surface area contributed by atoms with Gasteiger partial charge in [0, 0.05) is 12.1 Å². The van der Waals surface area contributed by atoms with Gasteiger partial charge in [-0.05, 0) is 62.4 Å². The molecule has 1 saturated carbocycles. The van der Waals surface area contributed by atoms with Crippen molar-refractivity contribution in [3.63, 3.8) is 0 Å². The molecule has 0 radical (unpaired) electrons. The van der Waals surface area contributed by atoms with Crippen LogP contribution >= 0.6 is 0 Å². The smallest absolute Gasteiger partial charge is 0.316 e. The first-order valence-electron chi connectivity index (χ1n) is 10.3. The van der Waals surface area contributed by atoms with E-state index in [0.717, 1.165) is 69.3 Å². The second-order valence-corrected chi connectivity index (χ2v) is 8.27. The van der Waals surface area contributed by atoms with Crippen LogP contribution in [0.3, 0.4) is 0 Å². The molecule has 0 aromatic heterocycles. The Morgan fingerprint density at radius 1 is 1.22 bits per heavy atom. The number of hydrogen-bond donors (Lipinski definition) is 1. The van der Waals surface area contributed by atoms with Crippen molar-refractivity contribution in [1.29, 1.82) is 0 Å². The van der Waals surface area contributed by atoms with E-state index in [9.17, 15) is 4.79 Å². The lowest BCUT2D eigenvalue weighted by molar-refractivity contribution is -0.167.